The minimum atomic E-state index is 0.0981. The first-order valence-corrected chi connectivity index (χ1v) is 9.56. The molecule has 1 aliphatic carbocycles. The number of anilines is 1. The van der Waals surface area contributed by atoms with Gasteiger partial charge in [-0.2, -0.15) is 0 Å². The smallest absolute Gasteiger partial charge is 0.230 e. The maximum Gasteiger partial charge on any atom is 0.230 e. The van der Waals surface area contributed by atoms with Crippen molar-refractivity contribution in [2.75, 3.05) is 31.3 Å². The van der Waals surface area contributed by atoms with Crippen molar-refractivity contribution >= 4 is 34.1 Å². The van der Waals surface area contributed by atoms with Gasteiger partial charge in [0.2, 0.25) is 11.0 Å². The molecule has 0 aliphatic heterocycles. The van der Waals surface area contributed by atoms with E-state index in [1.807, 2.05) is 0 Å². The van der Waals surface area contributed by atoms with Crippen LogP contribution in [0.25, 0.3) is 0 Å². The Bertz CT molecular complexity index is 448. The van der Waals surface area contributed by atoms with Gasteiger partial charge in [-0.05, 0) is 12.8 Å². The van der Waals surface area contributed by atoms with Crippen molar-refractivity contribution in [2.24, 2.45) is 0 Å². The summed E-state index contributed by atoms with van der Waals surface area (Å²) < 4.78 is 5.78. The van der Waals surface area contributed by atoms with Gasteiger partial charge < -0.3 is 15.4 Å². The number of carbonyl (C=O) groups excluding carboxylic acids is 1. The maximum absolute atomic E-state index is 12.0. The molecule has 0 saturated heterocycles. The fourth-order valence-corrected chi connectivity index (χ4v) is 4.01. The first kappa shape index (κ1) is 17.5. The van der Waals surface area contributed by atoms with Crippen LogP contribution in [0.1, 0.15) is 38.5 Å². The van der Waals surface area contributed by atoms with Crippen LogP contribution in [-0.2, 0) is 9.53 Å². The molecule has 1 amide bonds. The van der Waals surface area contributed by atoms with Crippen LogP contribution in [0.5, 0.6) is 0 Å². The third kappa shape index (κ3) is 6.50. The van der Waals surface area contributed by atoms with Crippen LogP contribution in [0.2, 0.25) is 0 Å². The van der Waals surface area contributed by atoms with Crippen LogP contribution >= 0.6 is 23.1 Å². The highest BCUT2D eigenvalue weighted by Crippen LogP contribution is 2.25. The number of amides is 1. The van der Waals surface area contributed by atoms with E-state index < -0.39 is 0 Å². The Kier molecular flexibility index (Phi) is 7.96. The van der Waals surface area contributed by atoms with E-state index in [0.29, 0.717) is 24.9 Å². The third-order valence-electron chi connectivity index (χ3n) is 3.54. The number of carbonyl (C=O) groups is 1. The van der Waals surface area contributed by atoms with E-state index in [4.69, 9.17) is 4.74 Å². The van der Waals surface area contributed by atoms with E-state index in [1.54, 1.807) is 7.11 Å². The second kappa shape index (κ2) is 10.0. The molecule has 8 heteroatoms. The highest BCUT2D eigenvalue weighted by Gasteiger charge is 2.15. The van der Waals surface area contributed by atoms with Crippen molar-refractivity contribution in [3.05, 3.63) is 0 Å². The van der Waals surface area contributed by atoms with E-state index in [0.717, 1.165) is 22.3 Å². The van der Waals surface area contributed by atoms with Gasteiger partial charge in [-0.1, -0.05) is 48.8 Å². The van der Waals surface area contributed by atoms with E-state index >= 15 is 0 Å². The van der Waals surface area contributed by atoms with Gasteiger partial charge in [-0.3, -0.25) is 4.79 Å². The van der Waals surface area contributed by atoms with Gasteiger partial charge in [-0.15, -0.1) is 10.2 Å². The third-order valence-corrected chi connectivity index (χ3v) is 5.55. The molecule has 1 aliphatic rings. The van der Waals surface area contributed by atoms with E-state index in [9.17, 15) is 4.79 Å². The minimum Gasteiger partial charge on any atom is -0.383 e. The summed E-state index contributed by atoms with van der Waals surface area (Å²) in [7, 11) is 1.66. The van der Waals surface area contributed by atoms with Crippen LogP contribution in [0.3, 0.4) is 0 Å². The van der Waals surface area contributed by atoms with E-state index in [2.05, 4.69) is 20.8 Å². The molecule has 22 heavy (non-hydrogen) atoms. The molecule has 0 bridgehead atoms. The number of methoxy groups -OCH3 is 1. The van der Waals surface area contributed by atoms with Crippen molar-refractivity contribution in [3.8, 4) is 0 Å². The summed E-state index contributed by atoms with van der Waals surface area (Å²) in [5.74, 6) is 0.504. The zero-order valence-corrected chi connectivity index (χ0v) is 14.6. The summed E-state index contributed by atoms with van der Waals surface area (Å²) >= 11 is 2.91. The van der Waals surface area contributed by atoms with Gasteiger partial charge in [0.1, 0.15) is 0 Å². The van der Waals surface area contributed by atoms with Crippen molar-refractivity contribution in [1.82, 2.24) is 15.5 Å². The van der Waals surface area contributed by atoms with Gasteiger partial charge in [0, 0.05) is 19.7 Å². The second-order valence-corrected chi connectivity index (χ2v) is 7.54. The molecule has 2 rings (SSSR count). The summed E-state index contributed by atoms with van der Waals surface area (Å²) in [5.41, 5.74) is 0. The molecule has 2 N–H and O–H groups in total. The van der Waals surface area contributed by atoms with Crippen molar-refractivity contribution in [2.45, 2.75) is 48.9 Å². The SMILES string of the molecule is COCCNc1nnc(SCC(=O)NC2CCCCCC2)s1. The Labute approximate surface area is 139 Å². The van der Waals surface area contributed by atoms with Gasteiger partial charge in [0.25, 0.3) is 0 Å². The predicted molar refractivity (Wildman–Crippen MR) is 90.6 cm³/mol. The van der Waals surface area contributed by atoms with Gasteiger partial charge in [-0.25, -0.2) is 0 Å². The van der Waals surface area contributed by atoms with E-state index in [-0.39, 0.29) is 5.91 Å². The lowest BCUT2D eigenvalue weighted by molar-refractivity contribution is -0.119. The van der Waals surface area contributed by atoms with Crippen molar-refractivity contribution in [1.29, 1.82) is 0 Å². The van der Waals surface area contributed by atoms with Crippen molar-refractivity contribution in [3.63, 3.8) is 0 Å². The van der Waals surface area contributed by atoms with Crippen LogP contribution in [0, 0.1) is 0 Å². The number of nitrogens with one attached hydrogen (secondary N) is 2. The molecule has 0 unspecified atom stereocenters. The molecule has 0 radical (unpaired) electrons. The molecular formula is C14H24N4O2S2. The number of ether oxygens (including phenoxy) is 1. The number of rotatable bonds is 8. The molecule has 1 aromatic rings. The standard InChI is InChI=1S/C14H24N4O2S2/c1-20-9-8-15-13-17-18-14(22-13)21-10-12(19)16-11-6-4-2-3-5-7-11/h11H,2-10H2,1H3,(H,15,17)(H,16,19). The number of hydrogen-bond donors (Lipinski definition) is 2. The number of thioether (sulfide) groups is 1. The van der Waals surface area contributed by atoms with Crippen LogP contribution in [-0.4, -0.2) is 48.2 Å². The predicted octanol–water partition coefficient (Wildman–Crippen LogP) is 2.53. The number of aromatic nitrogens is 2. The van der Waals surface area contributed by atoms with Gasteiger partial charge >= 0.3 is 0 Å². The van der Waals surface area contributed by atoms with Crippen LogP contribution in [0.4, 0.5) is 5.13 Å². The van der Waals surface area contributed by atoms with Gasteiger partial charge in [0.05, 0.1) is 12.4 Å². The molecule has 0 aromatic carbocycles. The first-order valence-electron chi connectivity index (χ1n) is 7.76. The van der Waals surface area contributed by atoms with E-state index in [1.165, 1.54) is 48.8 Å². The first-order chi connectivity index (χ1) is 10.8. The second-order valence-electron chi connectivity index (χ2n) is 5.34. The van der Waals surface area contributed by atoms with Crippen molar-refractivity contribution < 1.29 is 9.53 Å². The summed E-state index contributed by atoms with van der Waals surface area (Å²) in [6.45, 7) is 1.34. The van der Waals surface area contributed by atoms with Crippen LogP contribution in [0.15, 0.2) is 4.34 Å². The lowest BCUT2D eigenvalue weighted by Gasteiger charge is -2.15. The molecule has 1 fully saturated rings. The molecule has 6 nitrogen and oxygen atoms in total. The average molecular weight is 345 g/mol. The normalized spacial score (nSPS) is 16.2. The van der Waals surface area contributed by atoms with Gasteiger partial charge in [0.15, 0.2) is 4.34 Å². The largest absolute Gasteiger partial charge is 0.383 e. The Morgan fingerprint density at radius 2 is 2.09 bits per heavy atom. The molecule has 124 valence electrons. The number of hydrogen-bond acceptors (Lipinski definition) is 7. The summed E-state index contributed by atoms with van der Waals surface area (Å²) in [6.07, 6.45) is 7.27. The molecule has 0 spiro atoms. The molecule has 1 saturated carbocycles. The molecular weight excluding hydrogens is 320 g/mol. The quantitative estimate of drug-likeness (QED) is 0.429. The zero-order valence-electron chi connectivity index (χ0n) is 13.0. The highest BCUT2D eigenvalue weighted by molar-refractivity contribution is 8.01. The molecule has 0 atom stereocenters. The zero-order chi connectivity index (χ0) is 15.6. The average Bonchev–Trinajstić information content (AvgIpc) is 2.81. The fourth-order valence-electron chi connectivity index (χ4n) is 2.42. The number of nitrogens with zero attached hydrogens (tertiary/aromatic N) is 2. The summed E-state index contributed by atoms with van der Waals surface area (Å²) in [5, 5.41) is 15.2. The molecule has 1 heterocycles. The Morgan fingerprint density at radius 1 is 1.32 bits per heavy atom. The Morgan fingerprint density at radius 3 is 2.82 bits per heavy atom. The monoisotopic (exact) mass is 344 g/mol. The lowest BCUT2D eigenvalue weighted by atomic mass is 10.1. The summed E-state index contributed by atoms with van der Waals surface area (Å²) in [4.78, 5) is 12.0. The Hall–Kier alpha value is -0.860. The highest BCUT2D eigenvalue weighted by atomic mass is 32.2. The maximum atomic E-state index is 12.0. The summed E-state index contributed by atoms with van der Waals surface area (Å²) in [6, 6.07) is 0.358. The molecule has 1 aromatic heterocycles. The van der Waals surface area contributed by atoms with Crippen LogP contribution < -0.4 is 10.6 Å². The topological polar surface area (TPSA) is 76.1 Å². The fraction of sp³-hybridized carbons (Fsp3) is 0.786. The Balaban J connectivity index is 1.67. The minimum absolute atomic E-state index is 0.0981. The lowest BCUT2D eigenvalue weighted by Crippen LogP contribution is -2.35.